The summed E-state index contributed by atoms with van der Waals surface area (Å²) in [5.41, 5.74) is 0. The quantitative estimate of drug-likeness (QED) is 0.261. The van der Waals surface area contributed by atoms with Crippen LogP contribution in [0.5, 0.6) is 0 Å². The number of unbranched alkanes of at least 4 members (excludes halogenated alkanes) is 6. The van der Waals surface area contributed by atoms with Crippen LogP contribution >= 0.6 is 0 Å². The fourth-order valence-electron chi connectivity index (χ4n) is 2.33. The van der Waals surface area contributed by atoms with Crippen LogP contribution < -0.4 is 0 Å². The van der Waals surface area contributed by atoms with E-state index >= 15 is 0 Å². The Morgan fingerprint density at radius 3 is 1.88 bits per heavy atom. The second-order valence-electron chi connectivity index (χ2n) is 6.80. The SMILES string of the molecule is CCCCCCN(CCCCCC)C(=O)/C=C/C(=O)OCC(C)C. The maximum Gasteiger partial charge on any atom is 0.330 e. The van der Waals surface area contributed by atoms with Crippen LogP contribution in [0.2, 0.25) is 0 Å². The first-order valence-corrected chi connectivity index (χ1v) is 9.64. The van der Waals surface area contributed by atoms with E-state index in [1.54, 1.807) is 0 Å². The van der Waals surface area contributed by atoms with Crippen LogP contribution in [0.1, 0.15) is 79.1 Å². The number of amides is 1. The van der Waals surface area contributed by atoms with Crippen molar-refractivity contribution in [2.75, 3.05) is 19.7 Å². The highest BCUT2D eigenvalue weighted by atomic mass is 16.5. The van der Waals surface area contributed by atoms with Gasteiger partial charge in [0.25, 0.3) is 0 Å². The molecule has 0 fully saturated rings. The molecule has 0 spiro atoms. The zero-order valence-corrected chi connectivity index (χ0v) is 16.2. The van der Waals surface area contributed by atoms with Crippen LogP contribution in [-0.4, -0.2) is 36.5 Å². The Bertz CT molecular complexity index is 352. The van der Waals surface area contributed by atoms with Crippen molar-refractivity contribution in [1.82, 2.24) is 4.90 Å². The van der Waals surface area contributed by atoms with E-state index in [1.807, 2.05) is 18.7 Å². The Labute approximate surface area is 148 Å². The minimum atomic E-state index is -0.436. The lowest BCUT2D eigenvalue weighted by atomic mass is 10.1. The molecule has 0 heterocycles. The third kappa shape index (κ3) is 13.1. The lowest BCUT2D eigenvalue weighted by Crippen LogP contribution is -2.31. The van der Waals surface area contributed by atoms with Gasteiger partial charge >= 0.3 is 5.97 Å². The molecule has 0 aliphatic rings. The molecule has 4 heteroatoms. The van der Waals surface area contributed by atoms with Gasteiger partial charge in [0.05, 0.1) is 6.61 Å². The van der Waals surface area contributed by atoms with Crippen molar-refractivity contribution in [3.8, 4) is 0 Å². The van der Waals surface area contributed by atoms with E-state index in [4.69, 9.17) is 4.74 Å². The summed E-state index contributed by atoms with van der Waals surface area (Å²) in [5, 5.41) is 0. The number of rotatable bonds is 14. The minimum Gasteiger partial charge on any atom is -0.462 e. The van der Waals surface area contributed by atoms with Gasteiger partial charge in [-0.25, -0.2) is 4.79 Å². The highest BCUT2D eigenvalue weighted by Gasteiger charge is 2.11. The highest BCUT2D eigenvalue weighted by molar-refractivity contribution is 5.94. The van der Waals surface area contributed by atoms with E-state index in [0.29, 0.717) is 12.5 Å². The van der Waals surface area contributed by atoms with Crippen LogP contribution in [0, 0.1) is 5.92 Å². The molecule has 0 aromatic carbocycles. The third-order valence-electron chi connectivity index (χ3n) is 3.80. The fraction of sp³-hybridized carbons (Fsp3) is 0.800. The molecule has 0 saturated heterocycles. The summed E-state index contributed by atoms with van der Waals surface area (Å²) < 4.78 is 5.06. The zero-order chi connectivity index (χ0) is 18.2. The minimum absolute atomic E-state index is 0.0792. The Balaban J connectivity index is 4.38. The monoisotopic (exact) mass is 339 g/mol. The average Bonchev–Trinajstić information content (AvgIpc) is 2.56. The van der Waals surface area contributed by atoms with Gasteiger partial charge in [-0.1, -0.05) is 66.2 Å². The van der Waals surface area contributed by atoms with Crippen molar-refractivity contribution in [2.45, 2.75) is 79.1 Å². The molecule has 0 bridgehead atoms. The molecule has 0 aliphatic carbocycles. The summed E-state index contributed by atoms with van der Waals surface area (Å²) >= 11 is 0. The topological polar surface area (TPSA) is 46.6 Å². The molecule has 0 saturated carbocycles. The molecule has 0 aromatic heterocycles. The average molecular weight is 340 g/mol. The molecule has 4 nitrogen and oxygen atoms in total. The van der Waals surface area contributed by atoms with Crippen LogP contribution in [0.15, 0.2) is 12.2 Å². The van der Waals surface area contributed by atoms with Gasteiger partial charge in [-0.2, -0.15) is 0 Å². The van der Waals surface area contributed by atoms with E-state index in [1.165, 1.54) is 37.8 Å². The first kappa shape index (κ1) is 22.7. The molecule has 0 rings (SSSR count). The summed E-state index contributed by atoms with van der Waals surface area (Å²) in [6.07, 6.45) is 11.8. The molecular formula is C20H37NO3. The van der Waals surface area contributed by atoms with Gasteiger partial charge in [0.1, 0.15) is 0 Å². The van der Waals surface area contributed by atoms with E-state index in [0.717, 1.165) is 38.8 Å². The molecule has 1 amide bonds. The predicted molar refractivity (Wildman–Crippen MR) is 99.8 cm³/mol. The van der Waals surface area contributed by atoms with Gasteiger partial charge in [0.2, 0.25) is 5.91 Å². The van der Waals surface area contributed by atoms with Gasteiger partial charge in [-0.15, -0.1) is 0 Å². The van der Waals surface area contributed by atoms with E-state index < -0.39 is 5.97 Å². The summed E-state index contributed by atoms with van der Waals surface area (Å²) in [5.74, 6) is -0.217. The van der Waals surface area contributed by atoms with Crippen LogP contribution in [-0.2, 0) is 14.3 Å². The molecule has 0 unspecified atom stereocenters. The first-order valence-electron chi connectivity index (χ1n) is 9.64. The van der Waals surface area contributed by atoms with Gasteiger partial charge in [-0.3, -0.25) is 4.79 Å². The standard InChI is InChI=1S/C20H37NO3/c1-5-7-9-11-15-21(16-12-10-8-6-2)19(22)13-14-20(23)24-17-18(3)4/h13-14,18H,5-12,15-17H2,1-4H3/b14-13+. The normalized spacial score (nSPS) is 11.2. The summed E-state index contributed by atoms with van der Waals surface area (Å²) in [7, 11) is 0. The number of hydrogen-bond acceptors (Lipinski definition) is 3. The maximum absolute atomic E-state index is 12.3. The molecule has 24 heavy (non-hydrogen) atoms. The second kappa shape index (κ2) is 15.2. The number of esters is 1. The summed E-state index contributed by atoms with van der Waals surface area (Å²) in [4.78, 5) is 25.8. The summed E-state index contributed by atoms with van der Waals surface area (Å²) in [6.45, 7) is 10.3. The van der Waals surface area contributed by atoms with E-state index in [-0.39, 0.29) is 5.91 Å². The number of carbonyl (C=O) groups is 2. The van der Waals surface area contributed by atoms with Gasteiger partial charge in [0, 0.05) is 25.2 Å². The predicted octanol–water partition coefficient (Wildman–Crippen LogP) is 4.73. The number of nitrogens with zero attached hydrogens (tertiary/aromatic N) is 1. The lowest BCUT2D eigenvalue weighted by molar-refractivity contribution is -0.139. The lowest BCUT2D eigenvalue weighted by Gasteiger charge is -2.21. The van der Waals surface area contributed by atoms with Crippen molar-refractivity contribution in [1.29, 1.82) is 0 Å². The van der Waals surface area contributed by atoms with Crippen molar-refractivity contribution >= 4 is 11.9 Å². The Morgan fingerprint density at radius 1 is 0.875 bits per heavy atom. The molecule has 0 N–H and O–H groups in total. The largest absolute Gasteiger partial charge is 0.462 e. The third-order valence-corrected chi connectivity index (χ3v) is 3.80. The molecule has 0 radical (unpaired) electrons. The Kier molecular flexibility index (Phi) is 14.4. The molecule has 0 aliphatic heterocycles. The van der Waals surface area contributed by atoms with Crippen molar-refractivity contribution < 1.29 is 14.3 Å². The number of ether oxygens (including phenoxy) is 1. The van der Waals surface area contributed by atoms with Crippen LogP contribution in [0.25, 0.3) is 0 Å². The molecule has 140 valence electrons. The fourth-order valence-corrected chi connectivity index (χ4v) is 2.33. The van der Waals surface area contributed by atoms with Crippen molar-refractivity contribution in [2.24, 2.45) is 5.92 Å². The summed E-state index contributed by atoms with van der Waals surface area (Å²) in [6, 6.07) is 0. The highest BCUT2D eigenvalue weighted by Crippen LogP contribution is 2.06. The van der Waals surface area contributed by atoms with Gasteiger partial charge in [0.15, 0.2) is 0 Å². The first-order chi connectivity index (χ1) is 11.5. The van der Waals surface area contributed by atoms with Crippen molar-refractivity contribution in [3.63, 3.8) is 0 Å². The molecule has 0 aromatic rings. The Morgan fingerprint density at radius 2 is 1.42 bits per heavy atom. The van der Waals surface area contributed by atoms with Crippen molar-refractivity contribution in [3.05, 3.63) is 12.2 Å². The second-order valence-corrected chi connectivity index (χ2v) is 6.80. The molecular weight excluding hydrogens is 302 g/mol. The smallest absolute Gasteiger partial charge is 0.330 e. The number of carbonyl (C=O) groups excluding carboxylic acids is 2. The number of hydrogen-bond donors (Lipinski definition) is 0. The maximum atomic E-state index is 12.3. The zero-order valence-electron chi connectivity index (χ0n) is 16.2. The Hall–Kier alpha value is -1.32. The van der Waals surface area contributed by atoms with E-state index in [2.05, 4.69) is 13.8 Å². The molecule has 0 atom stereocenters. The van der Waals surface area contributed by atoms with E-state index in [9.17, 15) is 9.59 Å². The van der Waals surface area contributed by atoms with Gasteiger partial charge in [-0.05, 0) is 18.8 Å². The van der Waals surface area contributed by atoms with Crippen LogP contribution in [0.4, 0.5) is 0 Å². The van der Waals surface area contributed by atoms with Gasteiger partial charge < -0.3 is 9.64 Å². The van der Waals surface area contributed by atoms with Crippen LogP contribution in [0.3, 0.4) is 0 Å².